The molecule has 2 bridgehead atoms. The third kappa shape index (κ3) is 1.56. The first-order chi connectivity index (χ1) is 12.1. The van der Waals surface area contributed by atoms with Crippen molar-refractivity contribution in [3.63, 3.8) is 0 Å². The molecule has 0 radical (unpaired) electrons. The van der Waals surface area contributed by atoms with Crippen LogP contribution in [0.1, 0.15) is 44.3 Å². The molecule has 132 valence electrons. The molecular weight excluding hydrogens is 320 g/mol. The van der Waals surface area contributed by atoms with Gasteiger partial charge in [-0.15, -0.1) is 0 Å². The van der Waals surface area contributed by atoms with E-state index in [0.29, 0.717) is 18.4 Å². The van der Waals surface area contributed by atoms with Gasteiger partial charge in [-0.05, 0) is 43.6 Å². The Morgan fingerprint density at radius 1 is 1.24 bits per heavy atom. The van der Waals surface area contributed by atoms with Crippen molar-refractivity contribution in [2.24, 2.45) is 22.7 Å². The largest absolute Gasteiger partial charge is 0.472 e. The van der Waals surface area contributed by atoms with Crippen LogP contribution in [0.5, 0.6) is 0 Å². The van der Waals surface area contributed by atoms with E-state index in [4.69, 9.17) is 18.6 Å². The maximum Gasteiger partial charge on any atom is 0.334 e. The summed E-state index contributed by atoms with van der Waals surface area (Å²) in [4.78, 5) is 12.3. The number of furan rings is 1. The molecule has 0 unspecified atom stereocenters. The number of rotatable bonds is 1. The summed E-state index contributed by atoms with van der Waals surface area (Å²) >= 11 is 0. The van der Waals surface area contributed by atoms with Gasteiger partial charge >= 0.3 is 5.97 Å². The van der Waals surface area contributed by atoms with Crippen LogP contribution in [0.4, 0.5) is 0 Å². The molecule has 0 N–H and O–H groups in total. The molecule has 1 saturated carbocycles. The normalized spacial score (nSPS) is 50.0. The molecule has 3 aliphatic heterocycles. The Morgan fingerprint density at radius 2 is 2.16 bits per heavy atom. The summed E-state index contributed by atoms with van der Waals surface area (Å²) in [5, 5.41) is 0. The van der Waals surface area contributed by atoms with Gasteiger partial charge < -0.3 is 18.6 Å². The van der Waals surface area contributed by atoms with E-state index >= 15 is 0 Å². The zero-order valence-corrected chi connectivity index (χ0v) is 14.3. The quantitative estimate of drug-likeness (QED) is 0.733. The second-order valence-electron chi connectivity index (χ2n) is 8.48. The van der Waals surface area contributed by atoms with Gasteiger partial charge in [0.1, 0.15) is 6.61 Å². The van der Waals surface area contributed by atoms with Crippen molar-refractivity contribution in [2.75, 3.05) is 6.61 Å². The molecule has 25 heavy (non-hydrogen) atoms. The number of fused-ring (bicyclic) bond motifs is 1. The van der Waals surface area contributed by atoms with E-state index in [9.17, 15) is 4.79 Å². The Balaban J connectivity index is 1.47. The minimum absolute atomic E-state index is 0.00896. The predicted octanol–water partition coefficient (Wildman–Crippen LogP) is 3.37. The molecule has 4 fully saturated rings. The van der Waals surface area contributed by atoms with Crippen LogP contribution in [0.25, 0.3) is 0 Å². The van der Waals surface area contributed by atoms with E-state index in [-0.39, 0.29) is 35.3 Å². The fourth-order valence-corrected chi connectivity index (χ4v) is 6.68. The van der Waals surface area contributed by atoms with Gasteiger partial charge in [-0.25, -0.2) is 4.79 Å². The van der Waals surface area contributed by atoms with Crippen molar-refractivity contribution in [3.05, 3.63) is 35.8 Å². The van der Waals surface area contributed by atoms with E-state index < -0.39 is 0 Å². The smallest absolute Gasteiger partial charge is 0.334 e. The summed E-state index contributed by atoms with van der Waals surface area (Å²) in [6, 6.07) is 1.98. The molecule has 5 aliphatic rings. The van der Waals surface area contributed by atoms with Crippen LogP contribution in [0.3, 0.4) is 0 Å². The van der Waals surface area contributed by atoms with Crippen LogP contribution in [0, 0.1) is 22.7 Å². The standard InChI is InChI=1S/C20H22O5/c1-11-14-7-19-10-23-17(21)13(19)3-2-4-16(19)20(11)8-15(25-18(20)24-14)12-5-6-22-9-12/h3,5-6,9,11,14-16,18H,2,4,7-8,10H2,1H3/t11-,14+,15+,16-,18+,19+,20+/m0/s1. The molecule has 0 aromatic carbocycles. The van der Waals surface area contributed by atoms with Gasteiger partial charge in [0.05, 0.1) is 24.7 Å². The van der Waals surface area contributed by atoms with Gasteiger partial charge in [-0.3, -0.25) is 0 Å². The lowest BCUT2D eigenvalue weighted by molar-refractivity contribution is -0.151. The Labute approximate surface area is 146 Å². The van der Waals surface area contributed by atoms with Gasteiger partial charge in [0, 0.05) is 22.0 Å². The molecule has 5 nitrogen and oxygen atoms in total. The number of cyclic esters (lactones) is 1. The summed E-state index contributed by atoms with van der Waals surface area (Å²) in [5.41, 5.74) is 1.78. The number of carbonyl (C=O) groups is 1. The van der Waals surface area contributed by atoms with Crippen LogP contribution in [-0.2, 0) is 19.0 Å². The van der Waals surface area contributed by atoms with Crippen molar-refractivity contribution >= 4 is 5.97 Å². The van der Waals surface area contributed by atoms with E-state index in [2.05, 4.69) is 13.0 Å². The van der Waals surface area contributed by atoms with Crippen molar-refractivity contribution in [1.29, 1.82) is 0 Å². The lowest BCUT2D eigenvalue weighted by Crippen LogP contribution is -2.55. The molecule has 6 rings (SSSR count). The van der Waals surface area contributed by atoms with Crippen LogP contribution < -0.4 is 0 Å². The van der Waals surface area contributed by atoms with Crippen molar-refractivity contribution in [1.82, 2.24) is 0 Å². The summed E-state index contributed by atoms with van der Waals surface area (Å²) in [5.74, 6) is 0.694. The zero-order valence-electron chi connectivity index (χ0n) is 14.3. The van der Waals surface area contributed by atoms with Gasteiger partial charge in [0.15, 0.2) is 6.29 Å². The van der Waals surface area contributed by atoms with Crippen molar-refractivity contribution < 1.29 is 23.4 Å². The lowest BCUT2D eigenvalue weighted by Gasteiger charge is -2.53. The average Bonchev–Trinajstić information content (AvgIpc) is 3.34. The number of allylic oxidation sites excluding steroid dienone is 1. The van der Waals surface area contributed by atoms with E-state index in [1.54, 1.807) is 12.5 Å². The number of esters is 1. The van der Waals surface area contributed by atoms with Gasteiger partial charge in [0.25, 0.3) is 0 Å². The van der Waals surface area contributed by atoms with Gasteiger partial charge in [-0.2, -0.15) is 0 Å². The van der Waals surface area contributed by atoms with E-state index in [1.807, 2.05) is 6.07 Å². The molecule has 0 amide bonds. The monoisotopic (exact) mass is 342 g/mol. The molecule has 2 spiro atoms. The fraction of sp³-hybridized carbons (Fsp3) is 0.650. The van der Waals surface area contributed by atoms with E-state index in [0.717, 1.165) is 36.8 Å². The van der Waals surface area contributed by atoms with Crippen molar-refractivity contribution in [2.45, 2.75) is 51.1 Å². The minimum atomic E-state index is -0.188. The summed E-state index contributed by atoms with van der Waals surface area (Å²) < 4.78 is 23.6. The molecule has 1 aromatic heterocycles. The molecule has 1 aromatic rings. The molecule has 5 heteroatoms. The Bertz CT molecular complexity index is 767. The summed E-state index contributed by atoms with van der Waals surface area (Å²) in [7, 11) is 0. The Morgan fingerprint density at radius 3 is 3.00 bits per heavy atom. The SMILES string of the molecule is C[C@H]1[C@H]2C[C@@]34COC(=O)C3=CCC[C@@H]4[C@@]13C[C@H](c1ccoc1)O[C@H]3O2. The second-order valence-corrected chi connectivity index (χ2v) is 8.48. The van der Waals surface area contributed by atoms with Crippen LogP contribution >= 0.6 is 0 Å². The molecular formula is C20H22O5. The number of carbonyl (C=O) groups excluding carboxylic acids is 1. The number of hydrogen-bond donors (Lipinski definition) is 0. The highest BCUT2D eigenvalue weighted by molar-refractivity contribution is 5.92. The molecule has 4 heterocycles. The first-order valence-electron chi connectivity index (χ1n) is 9.36. The third-order valence-corrected chi connectivity index (χ3v) is 7.79. The number of hydrogen-bond acceptors (Lipinski definition) is 5. The first-order valence-corrected chi connectivity index (χ1v) is 9.36. The minimum Gasteiger partial charge on any atom is -0.472 e. The molecule has 3 saturated heterocycles. The zero-order chi connectivity index (χ0) is 16.8. The van der Waals surface area contributed by atoms with Gasteiger partial charge in [-0.1, -0.05) is 13.0 Å². The molecule has 7 atom stereocenters. The molecule has 2 aliphatic carbocycles. The Hall–Kier alpha value is -1.59. The maximum atomic E-state index is 12.3. The fourth-order valence-electron chi connectivity index (χ4n) is 6.68. The highest BCUT2D eigenvalue weighted by Gasteiger charge is 2.74. The van der Waals surface area contributed by atoms with Crippen LogP contribution in [-0.4, -0.2) is 25.0 Å². The third-order valence-electron chi connectivity index (χ3n) is 7.79. The topological polar surface area (TPSA) is 57.9 Å². The Kier molecular flexibility index (Phi) is 2.66. The van der Waals surface area contributed by atoms with E-state index in [1.165, 1.54) is 0 Å². The average molecular weight is 342 g/mol. The van der Waals surface area contributed by atoms with Gasteiger partial charge in [0.2, 0.25) is 0 Å². The van der Waals surface area contributed by atoms with Crippen LogP contribution in [0.2, 0.25) is 0 Å². The highest BCUT2D eigenvalue weighted by atomic mass is 16.7. The predicted molar refractivity (Wildman–Crippen MR) is 86.2 cm³/mol. The summed E-state index contributed by atoms with van der Waals surface area (Å²) in [6.07, 6.45) is 9.40. The second kappa shape index (κ2) is 4.57. The first kappa shape index (κ1) is 14.6. The highest BCUT2D eigenvalue weighted by Crippen LogP contribution is 2.72. The number of ether oxygens (including phenoxy) is 3. The lowest BCUT2D eigenvalue weighted by atomic mass is 9.46. The summed E-state index contributed by atoms with van der Waals surface area (Å²) in [6.45, 7) is 2.83. The maximum absolute atomic E-state index is 12.3. The van der Waals surface area contributed by atoms with Crippen LogP contribution in [0.15, 0.2) is 34.7 Å². The van der Waals surface area contributed by atoms with Crippen molar-refractivity contribution in [3.8, 4) is 0 Å².